The van der Waals surface area contributed by atoms with Gasteiger partial charge in [-0.2, -0.15) is 0 Å². The summed E-state index contributed by atoms with van der Waals surface area (Å²) in [5.41, 5.74) is 0. The third-order valence-corrected chi connectivity index (χ3v) is 0. The molecule has 0 heterocycles. The fraction of sp³-hybridized carbons (Fsp3) is 1.00. The van der Waals surface area contributed by atoms with Gasteiger partial charge in [-0.05, 0) is 0 Å². The molecule has 0 aromatic carbocycles. The Morgan fingerprint density at radius 2 is 1.00 bits per heavy atom. The van der Waals surface area contributed by atoms with Crippen molar-refractivity contribution in [2.75, 3.05) is 0 Å². The molecular formula is CH4IrOsPtRu. The molecule has 0 aromatic heterocycles. The van der Waals surface area contributed by atoms with Crippen molar-refractivity contribution in [1.29, 1.82) is 0 Å². The Labute approximate surface area is 86.7 Å². The summed E-state index contributed by atoms with van der Waals surface area (Å²) in [5, 5.41) is 0. The van der Waals surface area contributed by atoms with E-state index in [-0.39, 0.29) is 87.9 Å². The molecule has 43 valence electrons. The maximum atomic E-state index is 0. The van der Waals surface area contributed by atoms with Crippen molar-refractivity contribution in [3.8, 4) is 0 Å². The fourth-order valence-electron chi connectivity index (χ4n) is 0. The SMILES string of the molecule is C.[Ir].[Os].[Pt].[Ru]. The van der Waals surface area contributed by atoms with Crippen LogP contribution in [0.1, 0.15) is 7.43 Å². The van der Waals surface area contributed by atoms with Crippen molar-refractivity contribution < 1.29 is 80.4 Å². The van der Waals surface area contributed by atoms with Crippen LogP contribution in [-0.2, 0) is 80.4 Å². The zero-order valence-corrected chi connectivity index (χ0v) is 10.3. The second-order valence-electron chi connectivity index (χ2n) is 0. The zero-order chi connectivity index (χ0) is 0. The Balaban J connectivity index is 0. The molecule has 5 heavy (non-hydrogen) atoms. The summed E-state index contributed by atoms with van der Waals surface area (Å²) < 4.78 is 0. The van der Waals surface area contributed by atoms with Crippen LogP contribution < -0.4 is 0 Å². The molecule has 0 fully saturated rings. The van der Waals surface area contributed by atoms with E-state index in [1.165, 1.54) is 0 Å². The zero-order valence-electron chi connectivity index (χ0n) is 1.36. The normalized spacial score (nSPS) is 0. The monoisotopic (exact) mass is 698 g/mol. The first kappa shape index (κ1) is 49.0. The van der Waals surface area contributed by atoms with Crippen molar-refractivity contribution in [2.45, 2.75) is 7.43 Å². The van der Waals surface area contributed by atoms with Crippen LogP contribution in [0.2, 0.25) is 0 Å². The minimum Gasteiger partial charge on any atom is -0.0776 e. The van der Waals surface area contributed by atoms with Crippen LogP contribution in [-0.4, -0.2) is 0 Å². The Bertz CT molecular complexity index is 11.6. The summed E-state index contributed by atoms with van der Waals surface area (Å²) in [6, 6.07) is 0. The first-order valence-electron chi connectivity index (χ1n) is 0. The molecule has 4 heteroatoms. The Morgan fingerprint density at radius 3 is 1.00 bits per heavy atom. The average Bonchev–Trinajstić information content (AvgIpc) is 0. The van der Waals surface area contributed by atoms with E-state index in [1.54, 1.807) is 0 Å². The standard InChI is InChI=1S/CH4.Ir.Os.Pt.Ru/h1H4;;;;. The number of hydrogen-bond acceptors (Lipinski definition) is 0. The van der Waals surface area contributed by atoms with Crippen molar-refractivity contribution in [2.24, 2.45) is 0 Å². The summed E-state index contributed by atoms with van der Waals surface area (Å²) in [5.74, 6) is 0. The topological polar surface area (TPSA) is 0 Å². The molecule has 0 aliphatic heterocycles. The summed E-state index contributed by atoms with van der Waals surface area (Å²) in [6.07, 6.45) is 0. The predicted octanol–water partition coefficient (Wildman–Crippen LogP) is 0.626. The molecule has 0 saturated carbocycles. The van der Waals surface area contributed by atoms with Crippen LogP contribution in [0.15, 0.2) is 0 Å². The molecular weight excluding hydrogens is 691 g/mol. The maximum Gasteiger partial charge on any atom is 0 e. The van der Waals surface area contributed by atoms with Crippen LogP contribution >= 0.6 is 0 Å². The van der Waals surface area contributed by atoms with Gasteiger partial charge in [0.1, 0.15) is 0 Å². The second kappa shape index (κ2) is 30.6. The van der Waals surface area contributed by atoms with Crippen molar-refractivity contribution in [3.05, 3.63) is 0 Å². The summed E-state index contributed by atoms with van der Waals surface area (Å²) in [6.45, 7) is 0. The van der Waals surface area contributed by atoms with Crippen LogP contribution in [0.25, 0.3) is 0 Å². The van der Waals surface area contributed by atoms with E-state index in [0.717, 1.165) is 0 Å². The van der Waals surface area contributed by atoms with Crippen molar-refractivity contribution >= 4 is 0 Å². The summed E-state index contributed by atoms with van der Waals surface area (Å²) >= 11 is 0. The first-order chi connectivity index (χ1) is 0. The van der Waals surface area contributed by atoms with Gasteiger partial charge in [-0.15, -0.1) is 0 Å². The quantitative estimate of drug-likeness (QED) is 0.327. The molecule has 1 radical (unpaired) electrons. The Kier molecular flexibility index (Phi) is 300. The fourth-order valence-corrected chi connectivity index (χ4v) is 0. The average molecular weight is 695 g/mol. The first-order valence-corrected chi connectivity index (χ1v) is 0. The van der Waals surface area contributed by atoms with Gasteiger partial charge < -0.3 is 0 Å². The van der Waals surface area contributed by atoms with Crippen LogP contribution in [0.3, 0.4) is 0 Å². The van der Waals surface area contributed by atoms with Gasteiger partial charge in [-0.25, -0.2) is 0 Å². The van der Waals surface area contributed by atoms with E-state index in [0.29, 0.717) is 0 Å². The molecule has 0 bridgehead atoms. The van der Waals surface area contributed by atoms with Gasteiger partial charge in [0.25, 0.3) is 0 Å². The van der Waals surface area contributed by atoms with Gasteiger partial charge in [0.2, 0.25) is 0 Å². The number of hydrogen-bond donors (Lipinski definition) is 0. The molecule has 0 atom stereocenters. The van der Waals surface area contributed by atoms with E-state index in [2.05, 4.69) is 0 Å². The molecule has 0 aliphatic rings. The van der Waals surface area contributed by atoms with Gasteiger partial charge in [0.15, 0.2) is 0 Å². The Hall–Kier alpha value is 2.60. The van der Waals surface area contributed by atoms with E-state index < -0.39 is 0 Å². The largest absolute Gasteiger partial charge is 0.0776 e. The van der Waals surface area contributed by atoms with Gasteiger partial charge in [-0.1, -0.05) is 7.43 Å². The van der Waals surface area contributed by atoms with Crippen molar-refractivity contribution in [3.63, 3.8) is 0 Å². The van der Waals surface area contributed by atoms with Crippen LogP contribution in [0.5, 0.6) is 0 Å². The van der Waals surface area contributed by atoms with Gasteiger partial charge in [-0.3, -0.25) is 0 Å². The molecule has 0 N–H and O–H groups in total. The van der Waals surface area contributed by atoms with Gasteiger partial charge in [0.05, 0.1) is 0 Å². The van der Waals surface area contributed by atoms with E-state index >= 15 is 0 Å². The molecule has 0 spiro atoms. The second-order valence-corrected chi connectivity index (χ2v) is 0. The Morgan fingerprint density at radius 1 is 1.00 bits per heavy atom. The minimum absolute atomic E-state index is 0. The predicted molar refractivity (Wildman–Crippen MR) is 6.73 cm³/mol. The molecule has 0 amide bonds. The van der Waals surface area contributed by atoms with E-state index in [1.807, 2.05) is 0 Å². The van der Waals surface area contributed by atoms with E-state index in [4.69, 9.17) is 0 Å². The molecule has 0 aromatic rings. The van der Waals surface area contributed by atoms with Crippen LogP contribution in [0, 0.1) is 0 Å². The summed E-state index contributed by atoms with van der Waals surface area (Å²) in [4.78, 5) is 0. The molecule has 0 unspecified atom stereocenters. The van der Waals surface area contributed by atoms with Gasteiger partial charge in [0, 0.05) is 80.4 Å². The molecule has 0 aliphatic carbocycles. The molecule has 0 saturated heterocycles. The third-order valence-electron chi connectivity index (χ3n) is 0. The number of rotatable bonds is 0. The third kappa shape index (κ3) is 20.7. The van der Waals surface area contributed by atoms with Gasteiger partial charge >= 0.3 is 0 Å². The van der Waals surface area contributed by atoms with Crippen molar-refractivity contribution in [1.82, 2.24) is 0 Å². The van der Waals surface area contributed by atoms with E-state index in [9.17, 15) is 0 Å². The molecule has 0 rings (SSSR count). The molecule has 0 nitrogen and oxygen atoms in total. The minimum atomic E-state index is 0. The van der Waals surface area contributed by atoms with Crippen LogP contribution in [0.4, 0.5) is 0 Å². The smallest absolute Gasteiger partial charge is 0 e. The maximum absolute atomic E-state index is 0. The summed E-state index contributed by atoms with van der Waals surface area (Å²) in [7, 11) is 0.